The molecule has 1 aromatic heterocycles. The Morgan fingerprint density at radius 3 is 2.61 bits per heavy atom. The summed E-state index contributed by atoms with van der Waals surface area (Å²) in [6, 6.07) is 3.63. The number of nitrogen functional groups attached to an aromatic ring is 1. The van der Waals surface area contributed by atoms with Crippen molar-refractivity contribution in [3.63, 3.8) is 0 Å². The summed E-state index contributed by atoms with van der Waals surface area (Å²) in [6.07, 6.45) is 1.37. The van der Waals surface area contributed by atoms with E-state index in [2.05, 4.69) is 10.3 Å². The van der Waals surface area contributed by atoms with Gasteiger partial charge in [0, 0.05) is 6.07 Å². The molecule has 0 aliphatic heterocycles. The maximum atomic E-state index is 13.6. The largest absolute Gasteiger partial charge is 0.397 e. The molecule has 0 unspecified atom stereocenters. The number of nitrogens with one attached hydrogen (secondary N) is 1. The lowest BCUT2D eigenvalue weighted by molar-refractivity contribution is 0.595. The second-order valence-electron chi connectivity index (χ2n) is 3.81. The third-order valence-electron chi connectivity index (χ3n) is 2.36. The van der Waals surface area contributed by atoms with E-state index in [1.54, 1.807) is 0 Å². The Labute approximate surface area is 108 Å². The number of rotatable bonds is 2. The van der Waals surface area contributed by atoms with E-state index >= 15 is 0 Å². The molecule has 0 aliphatic carbocycles. The monoisotopic (exact) mass is 269 g/mol. The molecule has 0 radical (unpaired) electrons. The van der Waals surface area contributed by atoms with E-state index in [1.807, 2.05) is 0 Å². The van der Waals surface area contributed by atoms with Crippen molar-refractivity contribution < 1.29 is 8.78 Å². The number of hydrogen-bond donors (Lipinski definition) is 2. The second-order valence-corrected chi connectivity index (χ2v) is 4.21. The first kappa shape index (κ1) is 12.6. The van der Waals surface area contributed by atoms with Gasteiger partial charge in [-0.25, -0.2) is 13.8 Å². The van der Waals surface area contributed by atoms with E-state index in [0.29, 0.717) is 5.69 Å². The summed E-state index contributed by atoms with van der Waals surface area (Å²) in [5.41, 5.74) is 6.08. The van der Waals surface area contributed by atoms with Crippen LogP contribution in [0, 0.1) is 18.6 Å². The summed E-state index contributed by atoms with van der Waals surface area (Å²) < 4.78 is 26.9. The molecule has 2 rings (SSSR count). The lowest BCUT2D eigenvalue weighted by atomic mass is 10.2. The van der Waals surface area contributed by atoms with Crippen LogP contribution < -0.4 is 11.1 Å². The highest BCUT2D eigenvalue weighted by atomic mass is 35.5. The number of hydrogen-bond acceptors (Lipinski definition) is 3. The van der Waals surface area contributed by atoms with E-state index in [9.17, 15) is 8.78 Å². The van der Waals surface area contributed by atoms with Crippen molar-refractivity contribution in [2.45, 2.75) is 6.92 Å². The number of benzene rings is 1. The highest BCUT2D eigenvalue weighted by Crippen LogP contribution is 2.27. The summed E-state index contributed by atoms with van der Waals surface area (Å²) >= 11 is 5.88. The van der Waals surface area contributed by atoms with E-state index in [4.69, 9.17) is 17.3 Å². The van der Waals surface area contributed by atoms with Crippen molar-refractivity contribution in [3.05, 3.63) is 46.6 Å². The average molecular weight is 270 g/mol. The average Bonchev–Trinajstić information content (AvgIpc) is 2.29. The number of aryl methyl sites for hydroxylation is 1. The summed E-state index contributed by atoms with van der Waals surface area (Å²) in [5, 5.41) is 2.85. The Hall–Kier alpha value is -1.88. The highest BCUT2D eigenvalue weighted by molar-refractivity contribution is 6.33. The first-order valence-electron chi connectivity index (χ1n) is 5.11. The second kappa shape index (κ2) is 4.78. The van der Waals surface area contributed by atoms with Crippen molar-refractivity contribution in [2.24, 2.45) is 0 Å². The molecule has 0 fully saturated rings. The lowest BCUT2D eigenvalue weighted by Crippen LogP contribution is -2.00. The van der Waals surface area contributed by atoms with Crippen LogP contribution in [0.2, 0.25) is 5.02 Å². The van der Waals surface area contributed by atoms with E-state index in [-0.39, 0.29) is 22.1 Å². The van der Waals surface area contributed by atoms with Gasteiger partial charge < -0.3 is 11.1 Å². The number of nitrogens with two attached hydrogens (primary N) is 1. The molecule has 0 spiro atoms. The molecule has 0 amide bonds. The molecule has 3 N–H and O–H groups in total. The smallest absolute Gasteiger partial charge is 0.149 e. The molecule has 3 nitrogen and oxygen atoms in total. The van der Waals surface area contributed by atoms with Gasteiger partial charge in [0.25, 0.3) is 0 Å². The van der Waals surface area contributed by atoms with Gasteiger partial charge in [-0.2, -0.15) is 0 Å². The molecule has 0 aliphatic rings. The summed E-state index contributed by atoms with van der Waals surface area (Å²) in [7, 11) is 0. The van der Waals surface area contributed by atoms with Gasteiger partial charge in [-0.3, -0.25) is 0 Å². The van der Waals surface area contributed by atoms with Crippen LogP contribution in [0.1, 0.15) is 5.56 Å². The topological polar surface area (TPSA) is 50.9 Å². The standard InChI is InChI=1S/C12H10ClF2N3/c1-6-2-10(15)11(4-9(6)14)18-12-8(13)3-7(16)5-17-12/h2-5H,16H2,1H3,(H,17,18). The van der Waals surface area contributed by atoms with Crippen LogP contribution in [0.25, 0.3) is 0 Å². The van der Waals surface area contributed by atoms with Crippen LogP contribution in [0.3, 0.4) is 0 Å². The van der Waals surface area contributed by atoms with Gasteiger partial charge in [0.2, 0.25) is 0 Å². The third kappa shape index (κ3) is 2.51. The predicted molar refractivity (Wildman–Crippen MR) is 68.0 cm³/mol. The van der Waals surface area contributed by atoms with Crippen molar-refractivity contribution in [3.8, 4) is 0 Å². The van der Waals surface area contributed by atoms with Crippen LogP contribution >= 0.6 is 11.6 Å². The molecule has 0 atom stereocenters. The quantitative estimate of drug-likeness (QED) is 0.875. The highest BCUT2D eigenvalue weighted by Gasteiger charge is 2.10. The Balaban J connectivity index is 2.37. The van der Waals surface area contributed by atoms with Crippen molar-refractivity contribution in [1.82, 2.24) is 4.98 Å². The van der Waals surface area contributed by atoms with Crippen LogP contribution in [-0.4, -0.2) is 4.98 Å². The number of aromatic nitrogens is 1. The molecule has 1 aromatic carbocycles. The van der Waals surface area contributed by atoms with Crippen molar-refractivity contribution in [2.75, 3.05) is 11.1 Å². The molecule has 0 saturated heterocycles. The number of halogens is 3. The zero-order chi connectivity index (χ0) is 13.3. The Bertz CT molecular complexity index is 602. The van der Waals surface area contributed by atoms with Gasteiger partial charge in [-0.05, 0) is 24.6 Å². The van der Waals surface area contributed by atoms with E-state index < -0.39 is 11.6 Å². The first-order valence-corrected chi connectivity index (χ1v) is 5.49. The molecular formula is C12H10ClF2N3. The normalized spacial score (nSPS) is 10.4. The van der Waals surface area contributed by atoms with Crippen LogP contribution in [0.5, 0.6) is 0 Å². The van der Waals surface area contributed by atoms with Gasteiger partial charge in [0.05, 0.1) is 22.6 Å². The lowest BCUT2D eigenvalue weighted by Gasteiger charge is -2.09. The minimum Gasteiger partial charge on any atom is -0.397 e. The van der Waals surface area contributed by atoms with Crippen molar-refractivity contribution >= 4 is 28.8 Å². The molecule has 2 aromatic rings. The third-order valence-corrected chi connectivity index (χ3v) is 2.65. The molecular weight excluding hydrogens is 260 g/mol. The van der Waals surface area contributed by atoms with Gasteiger partial charge >= 0.3 is 0 Å². The molecule has 1 heterocycles. The fourth-order valence-corrected chi connectivity index (χ4v) is 1.64. The zero-order valence-corrected chi connectivity index (χ0v) is 10.2. The van der Waals surface area contributed by atoms with Gasteiger partial charge in [-0.1, -0.05) is 11.6 Å². The van der Waals surface area contributed by atoms with Crippen LogP contribution in [0.15, 0.2) is 24.4 Å². The summed E-state index contributed by atoms with van der Waals surface area (Å²) in [4.78, 5) is 3.91. The minimum absolute atomic E-state index is 0.0303. The summed E-state index contributed by atoms with van der Waals surface area (Å²) in [6.45, 7) is 1.48. The predicted octanol–water partition coefficient (Wildman–Crippen LogP) is 3.65. The molecule has 18 heavy (non-hydrogen) atoms. The maximum absolute atomic E-state index is 13.6. The molecule has 0 bridgehead atoms. The van der Waals surface area contributed by atoms with Crippen LogP contribution in [0.4, 0.5) is 26.0 Å². The van der Waals surface area contributed by atoms with E-state index in [0.717, 1.165) is 12.1 Å². The summed E-state index contributed by atoms with van der Waals surface area (Å²) in [5.74, 6) is -0.873. The number of nitrogens with zero attached hydrogens (tertiary/aromatic N) is 1. The number of pyridine rings is 1. The molecule has 94 valence electrons. The first-order chi connectivity index (χ1) is 8.47. The molecule has 0 saturated carbocycles. The van der Waals surface area contributed by atoms with Gasteiger partial charge in [0.1, 0.15) is 17.5 Å². The fraction of sp³-hybridized carbons (Fsp3) is 0.0833. The zero-order valence-electron chi connectivity index (χ0n) is 9.47. The van der Waals surface area contributed by atoms with Gasteiger partial charge in [0.15, 0.2) is 0 Å². The molecule has 6 heteroatoms. The Morgan fingerprint density at radius 2 is 1.94 bits per heavy atom. The van der Waals surface area contributed by atoms with Crippen molar-refractivity contribution in [1.29, 1.82) is 0 Å². The van der Waals surface area contributed by atoms with E-state index in [1.165, 1.54) is 19.2 Å². The number of anilines is 3. The Kier molecular flexibility index (Phi) is 3.34. The van der Waals surface area contributed by atoms with Gasteiger partial charge in [-0.15, -0.1) is 0 Å². The Morgan fingerprint density at radius 1 is 1.22 bits per heavy atom. The fourth-order valence-electron chi connectivity index (χ4n) is 1.41. The van der Waals surface area contributed by atoms with Crippen LogP contribution in [-0.2, 0) is 0 Å². The SMILES string of the molecule is Cc1cc(F)c(Nc2ncc(N)cc2Cl)cc1F. The minimum atomic E-state index is -0.580. The maximum Gasteiger partial charge on any atom is 0.149 e.